The molecular weight excluding hydrogens is 174 g/mol. The highest BCUT2D eigenvalue weighted by Gasteiger charge is 1.98. The van der Waals surface area contributed by atoms with Crippen molar-refractivity contribution in [3.63, 3.8) is 0 Å². The van der Waals surface area contributed by atoms with Crippen LogP contribution in [0.3, 0.4) is 0 Å². The van der Waals surface area contributed by atoms with Gasteiger partial charge in [-0.25, -0.2) is 0 Å². The Hall–Kier alpha value is -1.57. The van der Waals surface area contributed by atoms with Gasteiger partial charge in [0, 0.05) is 26.2 Å². The van der Waals surface area contributed by atoms with Gasteiger partial charge >= 0.3 is 0 Å². The van der Waals surface area contributed by atoms with Gasteiger partial charge in [-0.3, -0.25) is 0 Å². The van der Waals surface area contributed by atoms with E-state index in [2.05, 4.69) is 11.0 Å². The SMILES string of the molecule is CN(C)c1ccccc1C=CCC=O. The van der Waals surface area contributed by atoms with E-state index in [0.717, 1.165) is 17.5 Å². The van der Waals surface area contributed by atoms with Gasteiger partial charge in [-0.1, -0.05) is 30.4 Å². The summed E-state index contributed by atoms with van der Waals surface area (Å²) in [6, 6.07) is 8.09. The zero-order valence-electron chi connectivity index (χ0n) is 8.60. The summed E-state index contributed by atoms with van der Waals surface area (Å²) in [4.78, 5) is 12.2. The molecule has 74 valence electrons. The fourth-order valence-corrected chi connectivity index (χ4v) is 1.29. The monoisotopic (exact) mass is 189 g/mol. The first kappa shape index (κ1) is 10.5. The van der Waals surface area contributed by atoms with Gasteiger partial charge in [-0.2, -0.15) is 0 Å². The molecule has 0 N–H and O–H groups in total. The van der Waals surface area contributed by atoms with E-state index in [9.17, 15) is 4.79 Å². The van der Waals surface area contributed by atoms with Crippen LogP contribution in [-0.2, 0) is 4.79 Å². The summed E-state index contributed by atoms with van der Waals surface area (Å²) in [6.07, 6.45) is 5.22. The van der Waals surface area contributed by atoms with Crippen molar-refractivity contribution in [3.8, 4) is 0 Å². The van der Waals surface area contributed by atoms with Crippen LogP contribution in [-0.4, -0.2) is 20.4 Å². The first-order valence-electron chi connectivity index (χ1n) is 4.62. The molecular formula is C12H15NO. The molecule has 2 heteroatoms. The van der Waals surface area contributed by atoms with Crippen LogP contribution in [0.4, 0.5) is 5.69 Å². The van der Waals surface area contributed by atoms with Crippen LogP contribution >= 0.6 is 0 Å². The Morgan fingerprint density at radius 2 is 2.00 bits per heavy atom. The van der Waals surface area contributed by atoms with Crippen molar-refractivity contribution >= 4 is 18.0 Å². The van der Waals surface area contributed by atoms with Crippen molar-refractivity contribution in [2.75, 3.05) is 19.0 Å². The van der Waals surface area contributed by atoms with Gasteiger partial charge in [0.1, 0.15) is 6.29 Å². The Kier molecular flexibility index (Phi) is 3.92. The number of allylic oxidation sites excluding steroid dienone is 1. The van der Waals surface area contributed by atoms with Crippen LogP contribution in [0.2, 0.25) is 0 Å². The van der Waals surface area contributed by atoms with Gasteiger partial charge in [0.25, 0.3) is 0 Å². The van der Waals surface area contributed by atoms with Crippen LogP contribution in [0, 0.1) is 0 Å². The average Bonchev–Trinajstić information content (AvgIpc) is 2.19. The van der Waals surface area contributed by atoms with E-state index in [4.69, 9.17) is 0 Å². The quantitative estimate of drug-likeness (QED) is 0.678. The first-order valence-corrected chi connectivity index (χ1v) is 4.62. The summed E-state index contributed by atoms with van der Waals surface area (Å²) in [7, 11) is 4.01. The number of carbonyl (C=O) groups excluding carboxylic acids is 1. The van der Waals surface area contributed by atoms with E-state index < -0.39 is 0 Å². The molecule has 0 heterocycles. The molecule has 0 saturated heterocycles. The molecule has 0 fully saturated rings. The van der Waals surface area contributed by atoms with E-state index >= 15 is 0 Å². The van der Waals surface area contributed by atoms with Gasteiger partial charge in [0.15, 0.2) is 0 Å². The minimum absolute atomic E-state index is 0.474. The molecule has 0 aliphatic rings. The fraction of sp³-hybridized carbons (Fsp3) is 0.250. The zero-order chi connectivity index (χ0) is 10.4. The van der Waals surface area contributed by atoms with E-state index in [1.165, 1.54) is 0 Å². The van der Waals surface area contributed by atoms with Crippen LogP contribution in [0.5, 0.6) is 0 Å². The van der Waals surface area contributed by atoms with Crippen molar-refractivity contribution in [2.45, 2.75) is 6.42 Å². The average molecular weight is 189 g/mol. The molecule has 0 unspecified atom stereocenters. The van der Waals surface area contributed by atoms with Gasteiger partial charge < -0.3 is 9.69 Å². The molecule has 1 aromatic rings. The van der Waals surface area contributed by atoms with Crippen molar-refractivity contribution in [1.29, 1.82) is 0 Å². The lowest BCUT2D eigenvalue weighted by molar-refractivity contribution is -0.107. The Labute approximate surface area is 84.9 Å². The number of para-hydroxylation sites is 1. The van der Waals surface area contributed by atoms with Crippen molar-refractivity contribution in [2.24, 2.45) is 0 Å². The summed E-state index contributed by atoms with van der Waals surface area (Å²) < 4.78 is 0. The molecule has 0 atom stereocenters. The molecule has 2 nitrogen and oxygen atoms in total. The lowest BCUT2D eigenvalue weighted by Crippen LogP contribution is -2.09. The normalized spacial score (nSPS) is 10.4. The van der Waals surface area contributed by atoms with Crippen LogP contribution in [0.15, 0.2) is 30.3 Å². The summed E-state index contributed by atoms with van der Waals surface area (Å²) in [5, 5.41) is 0. The fourth-order valence-electron chi connectivity index (χ4n) is 1.29. The number of aldehydes is 1. The number of hydrogen-bond donors (Lipinski definition) is 0. The third-order valence-corrected chi connectivity index (χ3v) is 1.95. The standard InChI is InChI=1S/C12H15NO/c1-13(2)12-9-4-3-7-11(12)8-5-6-10-14/h3-5,7-10H,6H2,1-2H3. The number of anilines is 1. The Balaban J connectivity index is 2.89. The van der Waals surface area contributed by atoms with E-state index in [0.29, 0.717) is 6.42 Å². The maximum absolute atomic E-state index is 10.2. The molecule has 0 saturated carbocycles. The smallest absolute Gasteiger partial charge is 0.123 e. The predicted molar refractivity (Wildman–Crippen MR) is 60.5 cm³/mol. The van der Waals surface area contributed by atoms with Gasteiger partial charge in [-0.15, -0.1) is 0 Å². The summed E-state index contributed by atoms with van der Waals surface area (Å²) in [5.41, 5.74) is 2.30. The lowest BCUT2D eigenvalue weighted by Gasteiger charge is -2.15. The number of rotatable bonds is 4. The molecule has 0 aliphatic heterocycles. The highest BCUT2D eigenvalue weighted by atomic mass is 16.1. The molecule has 1 rings (SSSR count). The Morgan fingerprint density at radius 3 is 2.64 bits per heavy atom. The second kappa shape index (κ2) is 5.22. The predicted octanol–water partition coefficient (Wildman–Crippen LogP) is 2.35. The zero-order valence-corrected chi connectivity index (χ0v) is 8.60. The minimum Gasteiger partial charge on any atom is -0.377 e. The number of hydrogen-bond acceptors (Lipinski definition) is 2. The Bertz CT molecular complexity index is 329. The highest BCUT2D eigenvalue weighted by Crippen LogP contribution is 2.19. The third kappa shape index (κ3) is 2.73. The number of benzene rings is 1. The van der Waals surface area contributed by atoms with Gasteiger partial charge in [0.2, 0.25) is 0 Å². The topological polar surface area (TPSA) is 20.3 Å². The van der Waals surface area contributed by atoms with Gasteiger partial charge in [0.05, 0.1) is 0 Å². The summed E-state index contributed by atoms with van der Waals surface area (Å²) in [5.74, 6) is 0. The second-order valence-corrected chi connectivity index (χ2v) is 3.26. The Morgan fingerprint density at radius 1 is 1.29 bits per heavy atom. The van der Waals surface area contributed by atoms with Crippen LogP contribution < -0.4 is 4.90 Å². The largest absolute Gasteiger partial charge is 0.377 e. The van der Waals surface area contributed by atoms with E-state index in [1.54, 1.807) is 0 Å². The minimum atomic E-state index is 0.474. The number of carbonyl (C=O) groups is 1. The van der Waals surface area contributed by atoms with E-state index in [-0.39, 0.29) is 0 Å². The molecule has 0 spiro atoms. The maximum Gasteiger partial charge on any atom is 0.123 e. The summed E-state index contributed by atoms with van der Waals surface area (Å²) in [6.45, 7) is 0. The second-order valence-electron chi connectivity index (χ2n) is 3.26. The van der Waals surface area contributed by atoms with Crippen LogP contribution in [0.1, 0.15) is 12.0 Å². The maximum atomic E-state index is 10.2. The molecule has 0 radical (unpaired) electrons. The molecule has 1 aromatic carbocycles. The molecule has 0 amide bonds. The highest BCUT2D eigenvalue weighted by molar-refractivity contribution is 5.68. The first-order chi connectivity index (χ1) is 6.75. The summed E-state index contributed by atoms with van der Waals surface area (Å²) >= 11 is 0. The number of nitrogens with zero attached hydrogens (tertiary/aromatic N) is 1. The third-order valence-electron chi connectivity index (χ3n) is 1.95. The van der Waals surface area contributed by atoms with Crippen molar-refractivity contribution in [3.05, 3.63) is 35.9 Å². The van der Waals surface area contributed by atoms with E-state index in [1.807, 2.05) is 44.4 Å². The van der Waals surface area contributed by atoms with Crippen LogP contribution in [0.25, 0.3) is 6.08 Å². The molecule has 0 aliphatic carbocycles. The van der Waals surface area contributed by atoms with Gasteiger partial charge in [-0.05, 0) is 11.6 Å². The van der Waals surface area contributed by atoms with Crippen molar-refractivity contribution < 1.29 is 4.79 Å². The molecule has 14 heavy (non-hydrogen) atoms. The lowest BCUT2D eigenvalue weighted by atomic mass is 10.1. The van der Waals surface area contributed by atoms with Crippen molar-refractivity contribution in [1.82, 2.24) is 0 Å². The molecule has 0 bridgehead atoms. The molecule has 0 aromatic heterocycles.